The summed E-state index contributed by atoms with van der Waals surface area (Å²) in [5.41, 5.74) is 3.91. The van der Waals surface area contributed by atoms with Crippen LogP contribution in [-0.2, 0) is 16.0 Å². The highest BCUT2D eigenvalue weighted by Crippen LogP contribution is 2.47. The maximum atomic E-state index is 12.7. The quantitative estimate of drug-likeness (QED) is 0.803. The monoisotopic (exact) mass is 336 g/mol. The average Bonchev–Trinajstić information content (AvgIpc) is 3.36. The van der Waals surface area contributed by atoms with E-state index < -0.39 is 5.41 Å². The molecule has 3 rings (SSSR count). The average molecular weight is 336 g/mol. The van der Waals surface area contributed by atoms with Gasteiger partial charge in [0.25, 0.3) is 0 Å². The molecule has 2 N–H and O–H groups in total. The van der Waals surface area contributed by atoms with Crippen LogP contribution >= 0.6 is 0 Å². The Kier molecular flexibility index (Phi) is 4.62. The Labute approximate surface area is 148 Å². The van der Waals surface area contributed by atoms with Crippen LogP contribution in [0.3, 0.4) is 0 Å². The van der Waals surface area contributed by atoms with Crippen LogP contribution < -0.4 is 10.6 Å². The predicted octanol–water partition coefficient (Wildman–Crippen LogP) is 4.22. The summed E-state index contributed by atoms with van der Waals surface area (Å²) < 4.78 is 0. The van der Waals surface area contributed by atoms with Crippen molar-refractivity contribution < 1.29 is 9.59 Å². The van der Waals surface area contributed by atoms with Crippen LogP contribution in [0.1, 0.15) is 36.5 Å². The molecule has 1 fully saturated rings. The molecule has 0 atom stereocenters. The largest absolute Gasteiger partial charge is 0.325 e. The molecule has 2 aromatic carbocycles. The summed E-state index contributed by atoms with van der Waals surface area (Å²) in [6, 6.07) is 13.6. The van der Waals surface area contributed by atoms with E-state index in [9.17, 15) is 9.59 Å². The van der Waals surface area contributed by atoms with Crippen molar-refractivity contribution >= 4 is 23.2 Å². The summed E-state index contributed by atoms with van der Waals surface area (Å²) in [7, 11) is 0. The summed E-state index contributed by atoms with van der Waals surface area (Å²) in [5, 5.41) is 5.80. The van der Waals surface area contributed by atoms with Crippen molar-refractivity contribution in [3.8, 4) is 0 Å². The Balaban J connectivity index is 1.69. The minimum Gasteiger partial charge on any atom is -0.325 e. The summed E-state index contributed by atoms with van der Waals surface area (Å²) in [6.07, 6.45) is 2.13. The molecule has 0 saturated heterocycles. The van der Waals surface area contributed by atoms with Gasteiger partial charge in [0, 0.05) is 11.4 Å². The third-order valence-electron chi connectivity index (χ3n) is 4.72. The molecule has 2 aromatic rings. The van der Waals surface area contributed by atoms with E-state index in [0.717, 1.165) is 28.9 Å². The third-order valence-corrected chi connectivity index (χ3v) is 4.72. The Morgan fingerprint density at radius 3 is 1.88 bits per heavy atom. The van der Waals surface area contributed by atoms with E-state index in [-0.39, 0.29) is 11.8 Å². The SMILES string of the molecule is CCc1ccc(NC(=O)C2(C(=O)Nc3cc(C)cc(C)c3)CC2)cc1. The second-order valence-corrected chi connectivity index (χ2v) is 6.92. The highest BCUT2D eigenvalue weighted by atomic mass is 16.2. The van der Waals surface area contributed by atoms with Gasteiger partial charge in [-0.15, -0.1) is 0 Å². The van der Waals surface area contributed by atoms with Gasteiger partial charge in [-0.2, -0.15) is 0 Å². The number of amides is 2. The number of carbonyl (C=O) groups is 2. The normalized spacial score (nSPS) is 14.7. The molecule has 0 spiro atoms. The van der Waals surface area contributed by atoms with Crippen molar-refractivity contribution in [2.75, 3.05) is 10.6 Å². The zero-order chi connectivity index (χ0) is 18.0. The van der Waals surface area contributed by atoms with E-state index in [0.29, 0.717) is 12.8 Å². The zero-order valence-electron chi connectivity index (χ0n) is 15.0. The van der Waals surface area contributed by atoms with Gasteiger partial charge in [0.05, 0.1) is 0 Å². The summed E-state index contributed by atoms with van der Waals surface area (Å²) in [6.45, 7) is 6.06. The minimum absolute atomic E-state index is 0.222. The van der Waals surface area contributed by atoms with E-state index in [1.165, 1.54) is 5.56 Å². The summed E-state index contributed by atoms with van der Waals surface area (Å²) in [5.74, 6) is -0.446. The van der Waals surface area contributed by atoms with Crippen LogP contribution in [0.25, 0.3) is 0 Å². The number of carbonyl (C=O) groups excluding carboxylic acids is 2. The van der Waals surface area contributed by atoms with Crippen LogP contribution in [0.5, 0.6) is 0 Å². The maximum Gasteiger partial charge on any atom is 0.240 e. The summed E-state index contributed by atoms with van der Waals surface area (Å²) in [4.78, 5) is 25.3. The number of hydrogen-bond donors (Lipinski definition) is 2. The van der Waals surface area contributed by atoms with E-state index in [4.69, 9.17) is 0 Å². The molecule has 0 bridgehead atoms. The molecule has 0 aliphatic heterocycles. The van der Waals surface area contributed by atoms with Crippen molar-refractivity contribution in [2.24, 2.45) is 5.41 Å². The molecule has 130 valence electrons. The van der Waals surface area contributed by atoms with E-state index in [2.05, 4.69) is 23.6 Å². The van der Waals surface area contributed by atoms with Crippen LogP contribution in [-0.4, -0.2) is 11.8 Å². The molecular weight excluding hydrogens is 312 g/mol. The first kappa shape index (κ1) is 17.2. The molecule has 4 heteroatoms. The molecule has 0 radical (unpaired) electrons. The van der Waals surface area contributed by atoms with Gasteiger partial charge in [-0.05, 0) is 74.1 Å². The number of aryl methyl sites for hydroxylation is 3. The van der Waals surface area contributed by atoms with Crippen molar-refractivity contribution in [1.29, 1.82) is 0 Å². The topological polar surface area (TPSA) is 58.2 Å². The maximum absolute atomic E-state index is 12.7. The van der Waals surface area contributed by atoms with Crippen molar-refractivity contribution in [3.05, 3.63) is 59.2 Å². The van der Waals surface area contributed by atoms with Crippen molar-refractivity contribution in [3.63, 3.8) is 0 Å². The lowest BCUT2D eigenvalue weighted by Gasteiger charge is -2.16. The van der Waals surface area contributed by atoms with Gasteiger partial charge in [0.1, 0.15) is 5.41 Å². The fraction of sp³-hybridized carbons (Fsp3) is 0.333. The molecule has 0 unspecified atom stereocenters. The molecule has 0 aromatic heterocycles. The third kappa shape index (κ3) is 3.73. The first-order chi connectivity index (χ1) is 11.9. The second-order valence-electron chi connectivity index (χ2n) is 6.92. The van der Waals surface area contributed by atoms with E-state index >= 15 is 0 Å². The standard InChI is InChI=1S/C21H24N2O2/c1-4-16-5-7-17(8-6-16)22-19(24)21(9-10-21)20(25)23-18-12-14(2)11-15(3)13-18/h5-8,11-13H,4,9-10H2,1-3H3,(H,22,24)(H,23,25). The Hall–Kier alpha value is -2.62. The van der Waals surface area contributed by atoms with Gasteiger partial charge < -0.3 is 10.6 Å². The minimum atomic E-state index is -0.943. The lowest BCUT2D eigenvalue weighted by Crippen LogP contribution is -2.35. The van der Waals surface area contributed by atoms with Gasteiger partial charge in [-0.25, -0.2) is 0 Å². The highest BCUT2D eigenvalue weighted by molar-refractivity contribution is 6.16. The number of nitrogens with one attached hydrogen (secondary N) is 2. The Bertz CT molecular complexity index is 785. The molecule has 4 nitrogen and oxygen atoms in total. The smallest absolute Gasteiger partial charge is 0.240 e. The second kappa shape index (κ2) is 6.71. The van der Waals surface area contributed by atoms with Gasteiger partial charge in [0.15, 0.2) is 0 Å². The van der Waals surface area contributed by atoms with Crippen molar-refractivity contribution in [2.45, 2.75) is 40.0 Å². The number of benzene rings is 2. The molecule has 1 aliphatic carbocycles. The fourth-order valence-corrected chi connectivity index (χ4v) is 3.05. The van der Waals surface area contributed by atoms with Crippen molar-refractivity contribution in [1.82, 2.24) is 0 Å². The first-order valence-corrected chi connectivity index (χ1v) is 8.73. The van der Waals surface area contributed by atoms with Crippen LogP contribution in [0.15, 0.2) is 42.5 Å². The van der Waals surface area contributed by atoms with Gasteiger partial charge in [-0.1, -0.05) is 25.1 Å². The van der Waals surface area contributed by atoms with Gasteiger partial charge in [0.2, 0.25) is 11.8 Å². The molecule has 1 saturated carbocycles. The molecule has 25 heavy (non-hydrogen) atoms. The molecular formula is C21H24N2O2. The Morgan fingerprint density at radius 2 is 1.40 bits per heavy atom. The highest BCUT2D eigenvalue weighted by Gasteiger charge is 2.56. The zero-order valence-corrected chi connectivity index (χ0v) is 15.0. The lowest BCUT2D eigenvalue weighted by molar-refractivity contribution is -0.131. The molecule has 1 aliphatic rings. The van der Waals surface area contributed by atoms with Gasteiger partial charge >= 0.3 is 0 Å². The van der Waals surface area contributed by atoms with Crippen LogP contribution in [0.4, 0.5) is 11.4 Å². The number of hydrogen-bond acceptors (Lipinski definition) is 2. The fourth-order valence-electron chi connectivity index (χ4n) is 3.05. The molecule has 2 amide bonds. The summed E-state index contributed by atoms with van der Waals surface area (Å²) >= 11 is 0. The van der Waals surface area contributed by atoms with Gasteiger partial charge in [-0.3, -0.25) is 9.59 Å². The number of anilines is 2. The predicted molar refractivity (Wildman–Crippen MR) is 101 cm³/mol. The van der Waals surface area contributed by atoms with E-state index in [1.807, 2.05) is 50.2 Å². The number of rotatable bonds is 5. The molecule has 0 heterocycles. The van der Waals surface area contributed by atoms with Crippen LogP contribution in [0.2, 0.25) is 0 Å². The van der Waals surface area contributed by atoms with E-state index in [1.54, 1.807) is 0 Å². The van der Waals surface area contributed by atoms with Crippen LogP contribution in [0, 0.1) is 19.3 Å². The Morgan fingerprint density at radius 1 is 0.880 bits per heavy atom. The first-order valence-electron chi connectivity index (χ1n) is 8.73. The lowest BCUT2D eigenvalue weighted by atomic mass is 10.0.